The van der Waals surface area contributed by atoms with Crippen LogP contribution in [0.4, 0.5) is 0 Å². The minimum absolute atomic E-state index is 0.0826. The van der Waals surface area contributed by atoms with Gasteiger partial charge in [-0.05, 0) is 41.8 Å². The number of benzene rings is 2. The van der Waals surface area contributed by atoms with Gasteiger partial charge in [-0.25, -0.2) is 0 Å². The van der Waals surface area contributed by atoms with Gasteiger partial charge in [0.1, 0.15) is 11.5 Å². The van der Waals surface area contributed by atoms with E-state index in [4.69, 9.17) is 9.47 Å². The van der Waals surface area contributed by atoms with Crippen molar-refractivity contribution >= 4 is 11.7 Å². The van der Waals surface area contributed by atoms with Gasteiger partial charge in [-0.2, -0.15) is 0 Å². The van der Waals surface area contributed by atoms with Crippen molar-refractivity contribution in [1.82, 2.24) is 5.32 Å². The second kappa shape index (κ2) is 8.33. The van der Waals surface area contributed by atoms with Gasteiger partial charge in [0, 0.05) is 5.56 Å². The van der Waals surface area contributed by atoms with Crippen molar-refractivity contribution in [3.05, 3.63) is 59.2 Å². The van der Waals surface area contributed by atoms with Gasteiger partial charge in [-0.15, -0.1) is 0 Å². The minimum atomic E-state index is -0.344. The summed E-state index contributed by atoms with van der Waals surface area (Å²) in [7, 11) is 3.11. The van der Waals surface area contributed by atoms with E-state index in [1.54, 1.807) is 43.5 Å². The van der Waals surface area contributed by atoms with Crippen LogP contribution >= 0.6 is 0 Å². The van der Waals surface area contributed by atoms with E-state index in [-0.39, 0.29) is 24.2 Å². The summed E-state index contributed by atoms with van der Waals surface area (Å²) in [5.41, 5.74) is 1.91. The Hall–Kier alpha value is -2.82. The molecule has 2 aromatic carbocycles. The van der Waals surface area contributed by atoms with Crippen LogP contribution in [0.2, 0.25) is 0 Å². The van der Waals surface area contributed by atoms with E-state index in [2.05, 4.69) is 5.32 Å². The molecule has 25 heavy (non-hydrogen) atoms. The molecule has 0 atom stereocenters. The fraction of sp³-hybridized carbons (Fsp3) is 0.300. The maximum absolute atomic E-state index is 12.4. The van der Waals surface area contributed by atoms with Crippen LogP contribution in [0.25, 0.3) is 0 Å². The van der Waals surface area contributed by atoms with Gasteiger partial charge in [0.25, 0.3) is 5.91 Å². The molecule has 0 bridgehead atoms. The highest BCUT2D eigenvalue weighted by molar-refractivity contribution is 6.03. The van der Waals surface area contributed by atoms with Crippen LogP contribution in [0.3, 0.4) is 0 Å². The molecule has 5 nitrogen and oxygen atoms in total. The van der Waals surface area contributed by atoms with E-state index >= 15 is 0 Å². The van der Waals surface area contributed by atoms with E-state index < -0.39 is 0 Å². The number of hydrogen-bond acceptors (Lipinski definition) is 4. The number of ether oxygens (including phenoxy) is 2. The van der Waals surface area contributed by atoms with Gasteiger partial charge in [-0.3, -0.25) is 9.59 Å². The van der Waals surface area contributed by atoms with Crippen LogP contribution in [0.1, 0.15) is 46.0 Å². The number of rotatable bonds is 7. The maximum atomic E-state index is 12.4. The molecule has 2 aromatic rings. The van der Waals surface area contributed by atoms with Crippen molar-refractivity contribution in [2.75, 3.05) is 20.8 Å². The Morgan fingerprint density at radius 1 is 1.00 bits per heavy atom. The van der Waals surface area contributed by atoms with E-state index in [9.17, 15) is 9.59 Å². The van der Waals surface area contributed by atoms with Crippen LogP contribution in [-0.4, -0.2) is 32.5 Å². The van der Waals surface area contributed by atoms with Crippen LogP contribution in [0, 0.1) is 0 Å². The monoisotopic (exact) mass is 341 g/mol. The number of amides is 1. The summed E-state index contributed by atoms with van der Waals surface area (Å²) in [5.74, 6) is 0.950. The highest BCUT2D eigenvalue weighted by atomic mass is 16.5. The summed E-state index contributed by atoms with van der Waals surface area (Å²) in [5, 5.41) is 2.65. The Balaban J connectivity index is 2.10. The van der Waals surface area contributed by atoms with Gasteiger partial charge >= 0.3 is 0 Å². The summed E-state index contributed by atoms with van der Waals surface area (Å²) in [6.45, 7) is 3.99. The van der Waals surface area contributed by atoms with Crippen molar-refractivity contribution in [3.8, 4) is 11.5 Å². The molecule has 132 valence electrons. The third kappa shape index (κ3) is 4.38. The number of para-hydroxylation sites is 1. The molecular formula is C20H23NO4. The molecular weight excluding hydrogens is 318 g/mol. The molecule has 0 radical (unpaired) electrons. The van der Waals surface area contributed by atoms with Gasteiger partial charge in [0.05, 0.1) is 26.3 Å². The molecule has 0 spiro atoms. The number of carbonyl (C=O) groups excluding carboxylic acids is 2. The van der Waals surface area contributed by atoms with Crippen molar-refractivity contribution in [2.45, 2.75) is 19.8 Å². The molecule has 0 aromatic heterocycles. The standard InChI is InChI=1S/C20H23NO4/c1-13(2)16-11-14(9-10-19(16)25-4)17(22)12-21-20(23)15-7-5-6-8-18(15)24-3/h5-11,13H,12H2,1-4H3,(H,21,23). The largest absolute Gasteiger partial charge is 0.496 e. The van der Waals surface area contributed by atoms with Gasteiger partial charge < -0.3 is 14.8 Å². The Morgan fingerprint density at radius 2 is 1.68 bits per heavy atom. The summed E-state index contributed by atoms with van der Waals surface area (Å²) in [4.78, 5) is 24.7. The minimum Gasteiger partial charge on any atom is -0.496 e. The molecule has 0 saturated heterocycles. The van der Waals surface area contributed by atoms with Gasteiger partial charge in [0.2, 0.25) is 0 Å². The predicted molar refractivity (Wildman–Crippen MR) is 96.7 cm³/mol. The fourth-order valence-corrected chi connectivity index (χ4v) is 2.55. The second-order valence-corrected chi connectivity index (χ2v) is 5.92. The van der Waals surface area contributed by atoms with E-state index in [0.717, 1.165) is 11.3 Å². The van der Waals surface area contributed by atoms with E-state index in [1.807, 2.05) is 19.9 Å². The first-order valence-electron chi connectivity index (χ1n) is 8.10. The smallest absolute Gasteiger partial charge is 0.255 e. The fourth-order valence-electron chi connectivity index (χ4n) is 2.55. The zero-order chi connectivity index (χ0) is 18.4. The Labute approximate surface area is 148 Å². The quantitative estimate of drug-likeness (QED) is 0.784. The Kier molecular flexibility index (Phi) is 6.17. The van der Waals surface area contributed by atoms with Crippen LogP contribution in [-0.2, 0) is 0 Å². The molecule has 0 saturated carbocycles. The van der Waals surface area contributed by atoms with E-state index in [0.29, 0.717) is 16.9 Å². The zero-order valence-electron chi connectivity index (χ0n) is 15.0. The lowest BCUT2D eigenvalue weighted by Gasteiger charge is -2.13. The van der Waals surface area contributed by atoms with Crippen LogP contribution < -0.4 is 14.8 Å². The summed E-state index contributed by atoms with van der Waals surface area (Å²) < 4.78 is 10.5. The summed E-state index contributed by atoms with van der Waals surface area (Å²) in [6.07, 6.45) is 0. The highest BCUT2D eigenvalue weighted by Gasteiger charge is 2.15. The maximum Gasteiger partial charge on any atom is 0.255 e. The van der Waals surface area contributed by atoms with Gasteiger partial charge in [0.15, 0.2) is 5.78 Å². The Bertz CT molecular complexity index is 768. The molecule has 0 aliphatic rings. The number of nitrogens with one attached hydrogen (secondary N) is 1. The first-order valence-corrected chi connectivity index (χ1v) is 8.10. The first-order chi connectivity index (χ1) is 12.0. The summed E-state index contributed by atoms with van der Waals surface area (Å²) in [6, 6.07) is 12.2. The van der Waals surface area contributed by atoms with Crippen molar-refractivity contribution in [2.24, 2.45) is 0 Å². The Morgan fingerprint density at radius 3 is 2.32 bits per heavy atom. The average Bonchev–Trinajstić information content (AvgIpc) is 2.65. The topological polar surface area (TPSA) is 64.6 Å². The first kappa shape index (κ1) is 18.5. The lowest BCUT2D eigenvalue weighted by Crippen LogP contribution is -2.29. The molecule has 0 heterocycles. The molecule has 0 fully saturated rings. The van der Waals surface area contributed by atoms with Crippen molar-refractivity contribution < 1.29 is 19.1 Å². The molecule has 1 amide bonds. The van der Waals surface area contributed by atoms with Crippen molar-refractivity contribution in [1.29, 1.82) is 0 Å². The number of ketones is 1. The lowest BCUT2D eigenvalue weighted by atomic mass is 9.98. The molecule has 5 heteroatoms. The molecule has 0 unspecified atom stereocenters. The van der Waals surface area contributed by atoms with Crippen molar-refractivity contribution in [3.63, 3.8) is 0 Å². The number of methoxy groups -OCH3 is 2. The highest BCUT2D eigenvalue weighted by Crippen LogP contribution is 2.27. The third-order valence-corrected chi connectivity index (χ3v) is 3.93. The molecule has 2 rings (SSSR count). The normalized spacial score (nSPS) is 10.4. The second-order valence-electron chi connectivity index (χ2n) is 5.92. The lowest BCUT2D eigenvalue weighted by molar-refractivity contribution is 0.0902. The van der Waals surface area contributed by atoms with E-state index in [1.165, 1.54) is 7.11 Å². The molecule has 1 N–H and O–H groups in total. The number of carbonyl (C=O) groups is 2. The van der Waals surface area contributed by atoms with Gasteiger partial charge in [-0.1, -0.05) is 26.0 Å². The molecule has 0 aliphatic carbocycles. The third-order valence-electron chi connectivity index (χ3n) is 3.93. The van der Waals surface area contributed by atoms with Crippen LogP contribution in [0.5, 0.6) is 11.5 Å². The predicted octanol–water partition coefficient (Wildman–Crippen LogP) is 3.44. The van der Waals surface area contributed by atoms with Crippen LogP contribution in [0.15, 0.2) is 42.5 Å². The number of hydrogen-bond donors (Lipinski definition) is 1. The zero-order valence-corrected chi connectivity index (χ0v) is 15.0. The summed E-state index contributed by atoms with van der Waals surface area (Å²) >= 11 is 0. The SMILES string of the molecule is COc1ccccc1C(=O)NCC(=O)c1ccc(OC)c(C(C)C)c1. The average molecular weight is 341 g/mol. The number of Topliss-reactive ketones (excluding diaryl/α,β-unsaturated/α-hetero) is 1. The molecule has 0 aliphatic heterocycles.